The van der Waals surface area contributed by atoms with Crippen molar-refractivity contribution in [3.63, 3.8) is 0 Å². The Kier molecular flexibility index (Phi) is 3.62. The average molecular weight is 338 g/mol. The van der Waals surface area contributed by atoms with Gasteiger partial charge in [-0.1, -0.05) is 41.9 Å². The molecule has 120 valence electrons. The number of amides is 1. The van der Waals surface area contributed by atoms with Crippen LogP contribution in [0.15, 0.2) is 54.7 Å². The minimum Gasteiger partial charge on any atom is -0.306 e. The number of anilines is 1. The van der Waals surface area contributed by atoms with E-state index in [9.17, 15) is 4.79 Å². The number of nitrogens with zero attached hydrogens (tertiary/aromatic N) is 3. The highest BCUT2D eigenvalue weighted by Gasteiger charge is 2.28. The van der Waals surface area contributed by atoms with E-state index in [4.69, 9.17) is 11.6 Å². The Morgan fingerprint density at radius 2 is 1.79 bits per heavy atom. The summed E-state index contributed by atoms with van der Waals surface area (Å²) < 4.78 is 1.67. The van der Waals surface area contributed by atoms with E-state index in [1.807, 2.05) is 60.5 Å². The molecule has 0 atom stereocenters. The third kappa shape index (κ3) is 2.39. The number of para-hydroxylation sites is 2. The van der Waals surface area contributed by atoms with Gasteiger partial charge in [0.1, 0.15) is 0 Å². The van der Waals surface area contributed by atoms with Crippen LogP contribution in [0.5, 0.6) is 0 Å². The maximum absolute atomic E-state index is 13.0. The van der Waals surface area contributed by atoms with Crippen LogP contribution in [0.25, 0.3) is 5.69 Å². The van der Waals surface area contributed by atoms with Gasteiger partial charge < -0.3 is 4.90 Å². The fraction of sp³-hybridized carbons (Fsp3) is 0.158. The van der Waals surface area contributed by atoms with Gasteiger partial charge in [0.15, 0.2) is 5.69 Å². The molecule has 0 saturated heterocycles. The Balaban J connectivity index is 1.71. The molecule has 4 rings (SSSR count). The molecule has 1 aliphatic heterocycles. The number of hydrogen-bond donors (Lipinski definition) is 0. The first-order valence-corrected chi connectivity index (χ1v) is 8.24. The van der Waals surface area contributed by atoms with Crippen molar-refractivity contribution >= 4 is 23.2 Å². The first-order chi connectivity index (χ1) is 11.6. The van der Waals surface area contributed by atoms with E-state index < -0.39 is 0 Å². The highest BCUT2D eigenvalue weighted by molar-refractivity contribution is 6.32. The van der Waals surface area contributed by atoms with Crippen LogP contribution < -0.4 is 4.90 Å². The van der Waals surface area contributed by atoms with Crippen LogP contribution in [-0.2, 0) is 6.42 Å². The van der Waals surface area contributed by atoms with Gasteiger partial charge in [-0.3, -0.25) is 4.79 Å². The number of fused-ring (bicyclic) bond motifs is 1. The number of rotatable bonds is 2. The molecule has 2 heterocycles. The molecule has 2 aromatic carbocycles. The van der Waals surface area contributed by atoms with Crippen molar-refractivity contribution in [2.75, 3.05) is 11.4 Å². The van der Waals surface area contributed by atoms with E-state index in [2.05, 4.69) is 11.2 Å². The number of hydrogen-bond acceptors (Lipinski definition) is 2. The summed E-state index contributed by atoms with van der Waals surface area (Å²) in [6.07, 6.45) is 2.72. The Hall–Kier alpha value is -2.59. The molecule has 0 unspecified atom stereocenters. The van der Waals surface area contributed by atoms with Gasteiger partial charge >= 0.3 is 0 Å². The van der Waals surface area contributed by atoms with Gasteiger partial charge in [0, 0.05) is 24.0 Å². The Morgan fingerprint density at radius 3 is 2.58 bits per heavy atom. The van der Waals surface area contributed by atoms with Gasteiger partial charge in [0.2, 0.25) is 0 Å². The van der Waals surface area contributed by atoms with Crippen molar-refractivity contribution in [2.24, 2.45) is 0 Å². The smallest absolute Gasteiger partial charge is 0.279 e. The lowest BCUT2D eigenvalue weighted by molar-refractivity contribution is 0.0983. The van der Waals surface area contributed by atoms with Gasteiger partial charge in [-0.15, -0.1) is 0 Å². The summed E-state index contributed by atoms with van der Waals surface area (Å²) >= 11 is 6.24. The lowest BCUT2D eigenvalue weighted by Gasteiger charge is -2.16. The van der Waals surface area contributed by atoms with Gasteiger partial charge in [0.05, 0.1) is 10.7 Å². The van der Waals surface area contributed by atoms with Gasteiger partial charge in [-0.25, -0.2) is 4.68 Å². The monoisotopic (exact) mass is 337 g/mol. The molecule has 0 saturated carbocycles. The minimum absolute atomic E-state index is 0.0664. The molecule has 4 nitrogen and oxygen atoms in total. The maximum Gasteiger partial charge on any atom is 0.279 e. The van der Waals surface area contributed by atoms with Crippen LogP contribution in [0.4, 0.5) is 5.69 Å². The van der Waals surface area contributed by atoms with Gasteiger partial charge in [0.25, 0.3) is 5.91 Å². The number of halogens is 1. The summed E-state index contributed by atoms with van der Waals surface area (Å²) in [6, 6.07) is 15.5. The molecule has 1 aromatic heterocycles. The summed E-state index contributed by atoms with van der Waals surface area (Å²) in [5, 5.41) is 5.10. The Morgan fingerprint density at radius 1 is 1.08 bits per heavy atom. The fourth-order valence-electron chi connectivity index (χ4n) is 3.11. The summed E-state index contributed by atoms with van der Waals surface area (Å²) in [7, 11) is 0. The van der Waals surface area contributed by atoms with Crippen molar-refractivity contribution in [2.45, 2.75) is 13.3 Å². The number of carbonyl (C=O) groups is 1. The quantitative estimate of drug-likeness (QED) is 0.708. The summed E-state index contributed by atoms with van der Waals surface area (Å²) in [5.41, 5.74) is 4.25. The second kappa shape index (κ2) is 5.80. The Bertz CT molecular complexity index is 932. The van der Waals surface area contributed by atoms with Crippen molar-refractivity contribution in [1.29, 1.82) is 0 Å². The minimum atomic E-state index is -0.0664. The largest absolute Gasteiger partial charge is 0.306 e. The topological polar surface area (TPSA) is 38.1 Å². The molecular formula is C19H16ClN3O. The van der Waals surface area contributed by atoms with Gasteiger partial charge in [-0.05, 0) is 37.1 Å². The van der Waals surface area contributed by atoms with Crippen LogP contribution in [-0.4, -0.2) is 22.2 Å². The number of benzene rings is 2. The zero-order valence-electron chi connectivity index (χ0n) is 13.2. The second-order valence-electron chi connectivity index (χ2n) is 5.89. The molecule has 0 aliphatic carbocycles. The molecule has 1 amide bonds. The molecule has 0 radical (unpaired) electrons. The van der Waals surface area contributed by atoms with E-state index in [1.54, 1.807) is 4.68 Å². The molecule has 0 N–H and O–H groups in total. The lowest BCUT2D eigenvalue weighted by atomic mass is 10.2. The third-order valence-electron chi connectivity index (χ3n) is 4.33. The lowest BCUT2D eigenvalue weighted by Crippen LogP contribution is -2.29. The maximum atomic E-state index is 13.0. The predicted octanol–water partition coefficient (Wildman–Crippen LogP) is 4.04. The van der Waals surface area contributed by atoms with Crippen LogP contribution in [0, 0.1) is 6.92 Å². The highest BCUT2D eigenvalue weighted by Crippen LogP contribution is 2.29. The first kappa shape index (κ1) is 15.0. The number of carbonyl (C=O) groups excluding carboxylic acids is 1. The SMILES string of the molecule is Cc1cn(-c2ccccc2Cl)nc1C(=O)N1CCc2ccccc21. The highest BCUT2D eigenvalue weighted by atomic mass is 35.5. The van der Waals surface area contributed by atoms with Crippen LogP contribution >= 0.6 is 11.6 Å². The average Bonchev–Trinajstić information content (AvgIpc) is 3.18. The van der Waals surface area contributed by atoms with Crippen LogP contribution in [0.3, 0.4) is 0 Å². The number of aryl methyl sites for hydroxylation is 1. The van der Waals surface area contributed by atoms with Crippen LogP contribution in [0.2, 0.25) is 5.02 Å². The zero-order chi connectivity index (χ0) is 16.7. The van der Waals surface area contributed by atoms with Gasteiger partial charge in [-0.2, -0.15) is 5.10 Å². The molecule has 5 heteroatoms. The van der Waals surface area contributed by atoms with Crippen molar-refractivity contribution in [3.05, 3.63) is 76.6 Å². The van der Waals surface area contributed by atoms with Crippen molar-refractivity contribution in [1.82, 2.24) is 9.78 Å². The van der Waals surface area contributed by atoms with E-state index in [-0.39, 0.29) is 5.91 Å². The molecule has 0 bridgehead atoms. The summed E-state index contributed by atoms with van der Waals surface area (Å²) in [4.78, 5) is 14.8. The molecule has 0 fully saturated rings. The zero-order valence-corrected chi connectivity index (χ0v) is 14.0. The molecule has 1 aliphatic rings. The van der Waals surface area contributed by atoms with E-state index in [0.29, 0.717) is 17.3 Å². The predicted molar refractivity (Wildman–Crippen MR) is 95.1 cm³/mol. The first-order valence-electron chi connectivity index (χ1n) is 7.86. The van der Waals surface area contributed by atoms with Crippen LogP contribution in [0.1, 0.15) is 21.6 Å². The third-order valence-corrected chi connectivity index (χ3v) is 4.65. The summed E-state index contributed by atoms with van der Waals surface area (Å²) in [6.45, 7) is 2.59. The second-order valence-corrected chi connectivity index (χ2v) is 6.30. The standard InChI is InChI=1S/C19H16ClN3O/c1-13-12-23(17-9-5-3-7-15(17)20)21-18(13)19(24)22-11-10-14-6-2-4-8-16(14)22/h2-9,12H,10-11H2,1H3. The molecule has 0 spiro atoms. The molecule has 3 aromatic rings. The van der Waals surface area contributed by atoms with E-state index >= 15 is 0 Å². The van der Waals surface area contributed by atoms with E-state index in [0.717, 1.165) is 23.4 Å². The normalized spacial score (nSPS) is 13.2. The van der Waals surface area contributed by atoms with Crippen molar-refractivity contribution < 1.29 is 4.79 Å². The summed E-state index contributed by atoms with van der Waals surface area (Å²) in [5.74, 6) is -0.0664. The molecular weight excluding hydrogens is 322 g/mol. The van der Waals surface area contributed by atoms with Crippen molar-refractivity contribution in [3.8, 4) is 5.69 Å². The van der Waals surface area contributed by atoms with E-state index in [1.165, 1.54) is 5.56 Å². The fourth-order valence-corrected chi connectivity index (χ4v) is 3.33. The molecule has 24 heavy (non-hydrogen) atoms. The number of aromatic nitrogens is 2. The Labute approximate surface area is 145 Å².